The number of carbonyl (C=O) groups is 2. The van der Waals surface area contributed by atoms with Gasteiger partial charge in [-0.05, 0) is 36.6 Å². The molecule has 160 valence electrons. The summed E-state index contributed by atoms with van der Waals surface area (Å²) in [6, 6.07) is 6.56. The molecule has 0 spiro atoms. The largest absolute Gasteiger partial charge is 0.493 e. The van der Waals surface area contributed by atoms with Gasteiger partial charge in [0.1, 0.15) is 6.61 Å². The Labute approximate surface area is 174 Å². The topological polar surface area (TPSA) is 104 Å². The van der Waals surface area contributed by atoms with E-state index in [1.54, 1.807) is 31.5 Å². The molecule has 30 heavy (non-hydrogen) atoms. The minimum atomic E-state index is -0.832. The fraction of sp³-hybridized carbons (Fsp3) is 0.476. The van der Waals surface area contributed by atoms with E-state index in [1.807, 2.05) is 16.9 Å². The van der Waals surface area contributed by atoms with Gasteiger partial charge in [-0.1, -0.05) is 6.07 Å². The predicted octanol–water partition coefficient (Wildman–Crippen LogP) is 1.05. The van der Waals surface area contributed by atoms with Crippen LogP contribution < -0.4 is 20.1 Å². The second-order valence-electron chi connectivity index (χ2n) is 7.81. The van der Waals surface area contributed by atoms with E-state index in [9.17, 15) is 9.59 Å². The summed E-state index contributed by atoms with van der Waals surface area (Å²) in [5.41, 5.74) is 0.733. The molecule has 0 bridgehead atoms. The van der Waals surface area contributed by atoms with Crippen LogP contribution in [0.25, 0.3) is 0 Å². The van der Waals surface area contributed by atoms with Crippen molar-refractivity contribution in [2.75, 3.05) is 27.4 Å². The Bertz CT molecular complexity index is 910. The number of nitrogens with zero attached hydrogens (tertiary/aromatic N) is 2. The van der Waals surface area contributed by atoms with Crippen molar-refractivity contribution in [3.05, 3.63) is 42.2 Å². The molecule has 1 saturated heterocycles. The number of aromatic nitrogens is 2. The predicted molar refractivity (Wildman–Crippen MR) is 107 cm³/mol. The second kappa shape index (κ2) is 8.35. The van der Waals surface area contributed by atoms with Crippen LogP contribution >= 0.6 is 0 Å². The third-order valence-corrected chi connectivity index (χ3v) is 5.69. The van der Waals surface area contributed by atoms with Crippen molar-refractivity contribution in [2.45, 2.75) is 31.5 Å². The Morgan fingerprint density at radius 1 is 1.33 bits per heavy atom. The molecule has 1 saturated carbocycles. The van der Waals surface area contributed by atoms with E-state index >= 15 is 0 Å². The molecule has 0 radical (unpaired) electrons. The summed E-state index contributed by atoms with van der Waals surface area (Å²) >= 11 is 0. The Kier molecular flexibility index (Phi) is 5.63. The van der Waals surface area contributed by atoms with Crippen molar-refractivity contribution < 1.29 is 23.8 Å². The third-order valence-electron chi connectivity index (χ3n) is 5.69. The second-order valence-corrected chi connectivity index (χ2v) is 7.81. The van der Waals surface area contributed by atoms with Crippen LogP contribution in [0.4, 0.5) is 0 Å². The smallest absolute Gasteiger partial charge is 0.251 e. The van der Waals surface area contributed by atoms with E-state index in [0.29, 0.717) is 23.6 Å². The molecule has 9 heteroatoms. The molecule has 2 amide bonds. The maximum Gasteiger partial charge on any atom is 0.251 e. The van der Waals surface area contributed by atoms with Crippen molar-refractivity contribution in [2.24, 2.45) is 5.41 Å². The Hall–Kier alpha value is -3.07. The van der Waals surface area contributed by atoms with Gasteiger partial charge in [0, 0.05) is 30.9 Å². The van der Waals surface area contributed by atoms with Gasteiger partial charge in [-0.2, -0.15) is 5.10 Å². The first kappa shape index (κ1) is 20.2. The van der Waals surface area contributed by atoms with Crippen molar-refractivity contribution in [1.29, 1.82) is 0 Å². The van der Waals surface area contributed by atoms with E-state index in [0.717, 1.165) is 19.4 Å². The van der Waals surface area contributed by atoms with Crippen LogP contribution in [-0.4, -0.2) is 55.1 Å². The van der Waals surface area contributed by atoms with Gasteiger partial charge in [-0.15, -0.1) is 0 Å². The molecule has 2 N–H and O–H groups in total. The van der Waals surface area contributed by atoms with E-state index < -0.39 is 12.1 Å². The van der Waals surface area contributed by atoms with Crippen LogP contribution in [-0.2, 0) is 20.9 Å². The Balaban J connectivity index is 1.46. The standard InChI is InChI=1S/C21H26N4O5/c1-28-15-5-4-14(10-16(15)29-2)18-19(30-11-17(26)24-18)20(27)22-12-21(6-7-21)13-25-9-3-8-23-25/h3-5,8-10,18-19H,6-7,11-13H2,1-2H3,(H,22,27)(H,24,26)/t18-,19+/m1/s1. The van der Waals surface area contributed by atoms with Gasteiger partial charge in [0.15, 0.2) is 17.6 Å². The molecule has 1 aliphatic heterocycles. The average molecular weight is 414 g/mol. The van der Waals surface area contributed by atoms with Crippen molar-refractivity contribution in [3.8, 4) is 11.5 Å². The van der Waals surface area contributed by atoms with E-state index in [-0.39, 0.29) is 23.8 Å². The third kappa shape index (κ3) is 4.25. The number of hydrogen-bond donors (Lipinski definition) is 2. The summed E-state index contributed by atoms with van der Waals surface area (Å²) < 4.78 is 18.1. The summed E-state index contributed by atoms with van der Waals surface area (Å²) in [5.74, 6) is 0.572. The number of morpholine rings is 1. The lowest BCUT2D eigenvalue weighted by Crippen LogP contribution is -2.53. The molecule has 1 aromatic carbocycles. The Morgan fingerprint density at radius 2 is 2.13 bits per heavy atom. The first-order valence-electron chi connectivity index (χ1n) is 9.92. The van der Waals surface area contributed by atoms with Gasteiger partial charge in [0.05, 0.1) is 20.3 Å². The van der Waals surface area contributed by atoms with Crippen molar-refractivity contribution in [3.63, 3.8) is 0 Å². The van der Waals surface area contributed by atoms with Crippen molar-refractivity contribution in [1.82, 2.24) is 20.4 Å². The van der Waals surface area contributed by atoms with Crippen LogP contribution in [0.2, 0.25) is 0 Å². The molecular formula is C21H26N4O5. The SMILES string of the molecule is COc1ccc([C@H]2NC(=O)CO[C@@H]2C(=O)NCC2(Cn3cccn3)CC2)cc1OC. The Morgan fingerprint density at radius 3 is 2.80 bits per heavy atom. The normalized spacial score (nSPS) is 22.1. The zero-order chi connectivity index (χ0) is 21.1. The van der Waals surface area contributed by atoms with Gasteiger partial charge in [0.2, 0.25) is 5.91 Å². The highest BCUT2D eigenvalue weighted by Crippen LogP contribution is 2.46. The van der Waals surface area contributed by atoms with Crippen LogP contribution in [0, 0.1) is 5.41 Å². The van der Waals surface area contributed by atoms with Crippen LogP contribution in [0.1, 0.15) is 24.4 Å². The fourth-order valence-corrected chi connectivity index (χ4v) is 3.76. The fourth-order valence-electron chi connectivity index (χ4n) is 3.76. The molecular weight excluding hydrogens is 388 g/mol. The van der Waals surface area contributed by atoms with E-state index in [4.69, 9.17) is 14.2 Å². The lowest BCUT2D eigenvalue weighted by Gasteiger charge is -2.32. The molecule has 2 fully saturated rings. The first-order valence-corrected chi connectivity index (χ1v) is 9.92. The van der Waals surface area contributed by atoms with Crippen LogP contribution in [0.5, 0.6) is 11.5 Å². The monoisotopic (exact) mass is 414 g/mol. The minimum Gasteiger partial charge on any atom is -0.493 e. The molecule has 1 aliphatic carbocycles. The highest BCUT2D eigenvalue weighted by molar-refractivity contribution is 5.86. The maximum atomic E-state index is 13.0. The molecule has 2 aromatic rings. The van der Waals surface area contributed by atoms with Gasteiger partial charge >= 0.3 is 0 Å². The van der Waals surface area contributed by atoms with Crippen molar-refractivity contribution >= 4 is 11.8 Å². The maximum absolute atomic E-state index is 13.0. The highest BCUT2D eigenvalue weighted by atomic mass is 16.5. The zero-order valence-corrected chi connectivity index (χ0v) is 17.1. The molecule has 2 heterocycles. The molecule has 4 rings (SSSR count). The molecule has 2 atom stereocenters. The molecule has 0 unspecified atom stereocenters. The number of benzene rings is 1. The minimum absolute atomic E-state index is 0.0262. The number of methoxy groups -OCH3 is 2. The zero-order valence-electron chi connectivity index (χ0n) is 17.1. The number of rotatable bonds is 8. The van der Waals surface area contributed by atoms with E-state index in [2.05, 4.69) is 15.7 Å². The summed E-state index contributed by atoms with van der Waals surface area (Å²) in [7, 11) is 3.09. The number of nitrogens with one attached hydrogen (secondary N) is 2. The van der Waals surface area contributed by atoms with Gasteiger partial charge in [-0.3, -0.25) is 14.3 Å². The quantitative estimate of drug-likeness (QED) is 0.669. The summed E-state index contributed by atoms with van der Waals surface area (Å²) in [5, 5.41) is 10.1. The number of hydrogen-bond acceptors (Lipinski definition) is 6. The summed E-state index contributed by atoms with van der Waals surface area (Å²) in [6.45, 7) is 1.15. The highest BCUT2D eigenvalue weighted by Gasteiger charge is 2.44. The molecule has 2 aliphatic rings. The number of amides is 2. The number of ether oxygens (including phenoxy) is 3. The summed E-state index contributed by atoms with van der Waals surface area (Å²) in [6.07, 6.45) is 4.92. The summed E-state index contributed by atoms with van der Waals surface area (Å²) in [4.78, 5) is 24.9. The molecule has 9 nitrogen and oxygen atoms in total. The van der Waals surface area contributed by atoms with Gasteiger partial charge in [0.25, 0.3) is 5.91 Å². The van der Waals surface area contributed by atoms with Gasteiger partial charge in [-0.25, -0.2) is 0 Å². The lowest BCUT2D eigenvalue weighted by atomic mass is 9.98. The number of carbonyl (C=O) groups excluding carboxylic acids is 2. The first-order chi connectivity index (χ1) is 14.5. The van der Waals surface area contributed by atoms with Crippen LogP contribution in [0.3, 0.4) is 0 Å². The van der Waals surface area contributed by atoms with Gasteiger partial charge < -0.3 is 24.8 Å². The van der Waals surface area contributed by atoms with Crippen LogP contribution in [0.15, 0.2) is 36.7 Å². The average Bonchev–Trinajstić information content (AvgIpc) is 3.33. The van der Waals surface area contributed by atoms with E-state index in [1.165, 1.54) is 7.11 Å². The lowest BCUT2D eigenvalue weighted by molar-refractivity contribution is -0.148. The molecule has 1 aromatic heterocycles.